The molecule has 0 bridgehead atoms. The molecule has 0 aromatic rings. The van der Waals surface area contributed by atoms with Gasteiger partial charge in [-0.3, -0.25) is 14.4 Å². The van der Waals surface area contributed by atoms with E-state index in [-0.39, 0.29) is 31.1 Å². The van der Waals surface area contributed by atoms with Gasteiger partial charge in [-0.05, 0) is 31.1 Å². The van der Waals surface area contributed by atoms with E-state index in [0.29, 0.717) is 19.3 Å². The minimum atomic E-state index is -0.764. The Bertz CT molecular complexity index is 1120. The Morgan fingerprint density at radius 3 is 0.671 bits per heavy atom. The lowest BCUT2D eigenvalue weighted by molar-refractivity contribution is -0.167. The fourth-order valence-electron chi connectivity index (χ4n) is 10.5. The predicted molar refractivity (Wildman–Crippen MR) is 316 cm³/mol. The summed E-state index contributed by atoms with van der Waals surface area (Å²) in [6, 6.07) is 0. The van der Waals surface area contributed by atoms with Crippen molar-refractivity contribution in [3.05, 3.63) is 0 Å². The average Bonchev–Trinajstić information content (AvgIpc) is 3.37. The Hall–Kier alpha value is -1.59. The van der Waals surface area contributed by atoms with Crippen LogP contribution in [-0.4, -0.2) is 37.2 Å². The lowest BCUT2D eigenvalue weighted by atomic mass is 10.0. The van der Waals surface area contributed by atoms with E-state index in [1.807, 2.05) is 0 Å². The van der Waals surface area contributed by atoms with Gasteiger partial charge in [0.2, 0.25) is 0 Å². The summed E-state index contributed by atoms with van der Waals surface area (Å²) in [5, 5.41) is 0. The molecule has 0 rings (SSSR count). The van der Waals surface area contributed by atoms with Crippen LogP contribution in [0.3, 0.4) is 0 Å². The molecule has 0 saturated carbocycles. The monoisotopic (exact) mass is 1030 g/mol. The number of carbonyl (C=O) groups is 3. The maximum Gasteiger partial charge on any atom is 0.306 e. The summed E-state index contributed by atoms with van der Waals surface area (Å²) >= 11 is 0. The average molecular weight is 1030 g/mol. The van der Waals surface area contributed by atoms with Gasteiger partial charge in [-0.15, -0.1) is 0 Å². The van der Waals surface area contributed by atoms with E-state index >= 15 is 0 Å². The molecule has 6 nitrogen and oxygen atoms in total. The number of unbranched alkanes of at least 4 members (excludes halogenated alkanes) is 46. The minimum absolute atomic E-state index is 0.0614. The number of hydrogen-bond donors (Lipinski definition) is 0. The zero-order valence-corrected chi connectivity index (χ0v) is 50.3. The van der Waals surface area contributed by atoms with Gasteiger partial charge in [-0.25, -0.2) is 0 Å². The first-order chi connectivity index (χ1) is 35.7. The van der Waals surface area contributed by atoms with Crippen molar-refractivity contribution < 1.29 is 28.6 Å². The molecule has 0 N–H and O–H groups in total. The van der Waals surface area contributed by atoms with Gasteiger partial charge in [0.25, 0.3) is 0 Å². The first-order valence-corrected chi connectivity index (χ1v) is 33.2. The summed E-state index contributed by atoms with van der Waals surface area (Å²) in [5.74, 6) is 0.883. The molecule has 6 heteroatoms. The van der Waals surface area contributed by atoms with E-state index in [1.54, 1.807) is 0 Å². The first-order valence-electron chi connectivity index (χ1n) is 33.2. The highest BCUT2D eigenvalue weighted by Crippen LogP contribution is 2.19. The molecule has 0 aromatic heterocycles. The summed E-state index contributed by atoms with van der Waals surface area (Å²) in [7, 11) is 0. The Labute approximate surface area is 457 Å². The highest BCUT2D eigenvalue weighted by Gasteiger charge is 2.19. The van der Waals surface area contributed by atoms with E-state index in [9.17, 15) is 14.4 Å². The molecule has 0 radical (unpaired) electrons. The van der Waals surface area contributed by atoms with Crippen LogP contribution < -0.4 is 0 Å². The Morgan fingerprint density at radius 2 is 0.452 bits per heavy atom. The molecule has 0 spiro atoms. The van der Waals surface area contributed by atoms with Crippen LogP contribution in [0.15, 0.2) is 0 Å². The number of carbonyl (C=O) groups excluding carboxylic acids is 3. The van der Waals surface area contributed by atoms with E-state index in [0.717, 1.165) is 69.6 Å². The number of rotatable bonds is 61. The van der Waals surface area contributed by atoms with Crippen molar-refractivity contribution in [3.8, 4) is 0 Å². The molecular formula is C67H130O6. The van der Waals surface area contributed by atoms with Crippen LogP contribution in [0, 0.1) is 11.8 Å². The fourth-order valence-corrected chi connectivity index (χ4v) is 10.5. The van der Waals surface area contributed by atoms with Gasteiger partial charge >= 0.3 is 17.9 Å². The molecule has 0 aliphatic rings. The smallest absolute Gasteiger partial charge is 0.306 e. The highest BCUT2D eigenvalue weighted by molar-refractivity contribution is 5.71. The van der Waals surface area contributed by atoms with E-state index in [1.165, 1.54) is 270 Å². The van der Waals surface area contributed by atoms with Crippen molar-refractivity contribution in [2.24, 2.45) is 11.8 Å². The van der Waals surface area contributed by atoms with Gasteiger partial charge in [-0.2, -0.15) is 0 Å². The number of esters is 3. The third kappa shape index (κ3) is 61.1. The maximum absolute atomic E-state index is 12.9. The van der Waals surface area contributed by atoms with Gasteiger partial charge in [0.05, 0.1) is 0 Å². The van der Waals surface area contributed by atoms with Crippen LogP contribution in [0.5, 0.6) is 0 Å². The second kappa shape index (κ2) is 59.7. The molecule has 434 valence electrons. The summed E-state index contributed by atoms with van der Waals surface area (Å²) in [6.07, 6.45) is 66.8. The third-order valence-electron chi connectivity index (χ3n) is 15.5. The molecule has 73 heavy (non-hydrogen) atoms. The zero-order valence-electron chi connectivity index (χ0n) is 50.3. The zero-order chi connectivity index (χ0) is 53.2. The van der Waals surface area contributed by atoms with Crippen molar-refractivity contribution in [2.75, 3.05) is 13.2 Å². The normalized spacial score (nSPS) is 12.0. The molecule has 0 unspecified atom stereocenters. The first kappa shape index (κ1) is 71.4. The van der Waals surface area contributed by atoms with Crippen LogP contribution >= 0.6 is 0 Å². The largest absolute Gasteiger partial charge is 0.462 e. The quantitative estimate of drug-likeness (QED) is 0.0343. The highest BCUT2D eigenvalue weighted by atomic mass is 16.6. The van der Waals surface area contributed by atoms with Crippen LogP contribution in [0.25, 0.3) is 0 Å². The summed E-state index contributed by atoms with van der Waals surface area (Å²) in [6.45, 7) is 11.5. The van der Waals surface area contributed by atoms with E-state index in [4.69, 9.17) is 14.2 Å². The molecule has 0 saturated heterocycles. The van der Waals surface area contributed by atoms with Gasteiger partial charge in [0.1, 0.15) is 13.2 Å². The van der Waals surface area contributed by atoms with Gasteiger partial charge in [-0.1, -0.05) is 343 Å². The molecule has 0 fully saturated rings. The Morgan fingerprint density at radius 1 is 0.260 bits per heavy atom. The van der Waals surface area contributed by atoms with E-state index < -0.39 is 6.10 Å². The van der Waals surface area contributed by atoms with Crippen molar-refractivity contribution in [3.63, 3.8) is 0 Å². The van der Waals surface area contributed by atoms with Gasteiger partial charge in [0, 0.05) is 19.3 Å². The summed E-state index contributed by atoms with van der Waals surface area (Å²) in [4.78, 5) is 38.4. The van der Waals surface area contributed by atoms with E-state index in [2.05, 4.69) is 34.6 Å². The molecule has 0 aliphatic heterocycles. The third-order valence-corrected chi connectivity index (χ3v) is 15.5. The molecule has 0 aliphatic carbocycles. The number of ether oxygens (including phenoxy) is 3. The summed E-state index contributed by atoms with van der Waals surface area (Å²) < 4.78 is 17.0. The van der Waals surface area contributed by atoms with Gasteiger partial charge in [0.15, 0.2) is 6.10 Å². The minimum Gasteiger partial charge on any atom is -0.462 e. The molecule has 0 amide bonds. The molecular weight excluding hydrogens is 901 g/mol. The second-order valence-electron chi connectivity index (χ2n) is 24.1. The van der Waals surface area contributed by atoms with Crippen LogP contribution in [0.4, 0.5) is 0 Å². The lowest BCUT2D eigenvalue weighted by Crippen LogP contribution is -2.30. The SMILES string of the molecule is CCCCCCCCCCCCCCCCCC(=O)OC[C@@H](COC(=O)CCCCCCCCCCCCCCCCCCCCC(C)C)OC(=O)CCCCCCCCCCCCCCCCCCC(C)C. The maximum atomic E-state index is 12.9. The molecule has 0 heterocycles. The predicted octanol–water partition coefficient (Wildman–Crippen LogP) is 22.4. The number of hydrogen-bond acceptors (Lipinski definition) is 6. The van der Waals surface area contributed by atoms with Crippen molar-refractivity contribution in [2.45, 2.75) is 387 Å². The van der Waals surface area contributed by atoms with Gasteiger partial charge < -0.3 is 14.2 Å². The Balaban J connectivity index is 4.26. The molecule has 1 atom stereocenters. The lowest BCUT2D eigenvalue weighted by Gasteiger charge is -2.18. The van der Waals surface area contributed by atoms with Crippen LogP contribution in [0.2, 0.25) is 0 Å². The molecule has 0 aromatic carbocycles. The fraction of sp³-hybridized carbons (Fsp3) is 0.955. The van der Waals surface area contributed by atoms with Crippen molar-refractivity contribution in [1.82, 2.24) is 0 Å². The van der Waals surface area contributed by atoms with Crippen LogP contribution in [0.1, 0.15) is 381 Å². The summed E-state index contributed by atoms with van der Waals surface area (Å²) in [5.41, 5.74) is 0. The van der Waals surface area contributed by atoms with Crippen molar-refractivity contribution >= 4 is 17.9 Å². The second-order valence-corrected chi connectivity index (χ2v) is 24.1. The van der Waals surface area contributed by atoms with Crippen LogP contribution in [-0.2, 0) is 28.6 Å². The standard InChI is InChI=1S/C67H130O6/c1-6-7-8-9-10-11-12-13-20-27-32-37-42-47-52-57-65(68)71-60-64(73-67(70)59-54-49-44-39-34-29-24-19-18-22-26-31-36-41-46-51-56-63(4)5)61-72-66(69)58-53-48-43-38-33-28-23-17-15-14-16-21-25-30-35-40-45-50-55-62(2)3/h62-64H,6-61H2,1-5H3/t64-/m0/s1. The van der Waals surface area contributed by atoms with Crippen molar-refractivity contribution in [1.29, 1.82) is 0 Å². The topological polar surface area (TPSA) is 78.9 Å². The Kier molecular flexibility index (Phi) is 58.4.